The predicted octanol–water partition coefficient (Wildman–Crippen LogP) is 2.46. The molecule has 0 radical (unpaired) electrons. The zero-order valence-corrected chi connectivity index (χ0v) is 11.7. The molecule has 0 rings (SSSR count). The van der Waals surface area contributed by atoms with Crippen LogP contribution in [0.2, 0.25) is 0 Å². The molecule has 0 aliphatic rings. The maximum Gasteiger partial charge on any atom is 0.342 e. The highest BCUT2D eigenvalue weighted by molar-refractivity contribution is 7.54. The molecule has 2 N–H and O–H groups in total. The zero-order valence-electron chi connectivity index (χ0n) is 10.8. The van der Waals surface area contributed by atoms with Gasteiger partial charge in [0.1, 0.15) is 0 Å². The molecule has 0 spiro atoms. The van der Waals surface area contributed by atoms with Crippen molar-refractivity contribution in [3.8, 4) is 0 Å². The van der Waals surface area contributed by atoms with E-state index in [2.05, 4.69) is 0 Å². The molecule has 6 heteroatoms. The van der Waals surface area contributed by atoms with E-state index in [0.717, 1.165) is 6.42 Å². The number of esters is 1. The van der Waals surface area contributed by atoms with Crippen LogP contribution in [0, 0.1) is 0 Å². The molecule has 0 amide bonds. The van der Waals surface area contributed by atoms with Crippen molar-refractivity contribution in [3.63, 3.8) is 0 Å². The fourth-order valence-corrected chi connectivity index (χ4v) is 3.15. The van der Waals surface area contributed by atoms with Crippen LogP contribution in [0.4, 0.5) is 0 Å². The van der Waals surface area contributed by atoms with Crippen molar-refractivity contribution in [2.75, 3.05) is 6.61 Å². The van der Waals surface area contributed by atoms with Gasteiger partial charge in [0.05, 0.1) is 6.61 Å². The Morgan fingerprint density at radius 2 is 1.76 bits per heavy atom. The molecule has 1 unspecified atom stereocenters. The smallest absolute Gasteiger partial charge is 0.342 e. The standard InChI is InChI=1S/C11H23O5P/c1-4-7-9-11(8-5-2,17(13,14)15)10(12)16-6-3/h4-9H2,1-3H3,(H2,13,14,15). The van der Waals surface area contributed by atoms with Gasteiger partial charge in [-0.15, -0.1) is 0 Å². The molecule has 0 fully saturated rings. The molecular formula is C11H23O5P. The molecule has 0 aliphatic heterocycles. The van der Waals surface area contributed by atoms with E-state index in [1.165, 1.54) is 0 Å². The lowest BCUT2D eigenvalue weighted by Crippen LogP contribution is -2.40. The second-order valence-electron chi connectivity index (χ2n) is 4.15. The van der Waals surface area contributed by atoms with Gasteiger partial charge in [-0.2, -0.15) is 0 Å². The Morgan fingerprint density at radius 1 is 1.18 bits per heavy atom. The van der Waals surface area contributed by atoms with E-state index in [0.29, 0.717) is 12.8 Å². The zero-order chi connectivity index (χ0) is 13.5. The average Bonchev–Trinajstić information content (AvgIpc) is 2.22. The van der Waals surface area contributed by atoms with Gasteiger partial charge in [-0.3, -0.25) is 9.36 Å². The molecule has 0 saturated heterocycles. The summed E-state index contributed by atoms with van der Waals surface area (Å²) >= 11 is 0. The van der Waals surface area contributed by atoms with Gasteiger partial charge in [0.25, 0.3) is 0 Å². The number of ether oxygens (including phenoxy) is 1. The van der Waals surface area contributed by atoms with E-state index in [4.69, 9.17) is 4.74 Å². The number of hydrogen-bond donors (Lipinski definition) is 2. The first-order chi connectivity index (χ1) is 7.85. The Kier molecular flexibility index (Phi) is 6.98. The molecule has 1 atom stereocenters. The maximum absolute atomic E-state index is 11.9. The summed E-state index contributed by atoms with van der Waals surface area (Å²) in [5.74, 6) is -0.761. The number of carbonyl (C=O) groups is 1. The van der Waals surface area contributed by atoms with Crippen LogP contribution in [0.1, 0.15) is 52.9 Å². The molecule has 5 nitrogen and oxygen atoms in total. The van der Waals surface area contributed by atoms with Crippen molar-refractivity contribution < 1.29 is 23.9 Å². The van der Waals surface area contributed by atoms with Crippen LogP contribution in [-0.4, -0.2) is 27.5 Å². The van der Waals surface area contributed by atoms with Gasteiger partial charge in [0, 0.05) is 0 Å². The summed E-state index contributed by atoms with van der Waals surface area (Å²) < 4.78 is 16.5. The van der Waals surface area contributed by atoms with E-state index >= 15 is 0 Å². The SMILES string of the molecule is CCCCC(CCC)(C(=O)OCC)P(=O)(O)O. The minimum absolute atomic E-state index is 0.135. The van der Waals surface area contributed by atoms with Crippen LogP contribution in [-0.2, 0) is 14.1 Å². The van der Waals surface area contributed by atoms with Gasteiger partial charge in [0.15, 0.2) is 5.16 Å². The van der Waals surface area contributed by atoms with Gasteiger partial charge in [-0.25, -0.2) is 0 Å². The topological polar surface area (TPSA) is 83.8 Å². The lowest BCUT2D eigenvalue weighted by atomic mass is 9.96. The van der Waals surface area contributed by atoms with E-state index < -0.39 is 18.7 Å². The quantitative estimate of drug-likeness (QED) is 0.520. The number of carbonyl (C=O) groups excluding carboxylic acids is 1. The normalized spacial score (nSPS) is 15.4. The lowest BCUT2D eigenvalue weighted by molar-refractivity contribution is -0.147. The van der Waals surface area contributed by atoms with Gasteiger partial charge >= 0.3 is 13.6 Å². The summed E-state index contributed by atoms with van der Waals surface area (Å²) in [6, 6.07) is 0. The van der Waals surface area contributed by atoms with Crippen molar-refractivity contribution in [1.29, 1.82) is 0 Å². The molecular weight excluding hydrogens is 243 g/mol. The third-order valence-corrected chi connectivity index (χ3v) is 4.57. The average molecular weight is 266 g/mol. The van der Waals surface area contributed by atoms with Crippen molar-refractivity contribution in [2.45, 2.75) is 58.0 Å². The third kappa shape index (κ3) is 4.09. The van der Waals surface area contributed by atoms with Gasteiger partial charge < -0.3 is 14.5 Å². The van der Waals surface area contributed by atoms with E-state index in [-0.39, 0.29) is 19.4 Å². The summed E-state index contributed by atoms with van der Waals surface area (Å²) in [6.07, 6.45) is 2.26. The summed E-state index contributed by atoms with van der Waals surface area (Å²) in [4.78, 5) is 30.9. The maximum atomic E-state index is 11.9. The first-order valence-corrected chi connectivity index (χ1v) is 7.69. The van der Waals surface area contributed by atoms with Gasteiger partial charge in [-0.1, -0.05) is 33.1 Å². The highest BCUT2D eigenvalue weighted by Crippen LogP contribution is 2.56. The van der Waals surface area contributed by atoms with Crippen LogP contribution in [0.5, 0.6) is 0 Å². The van der Waals surface area contributed by atoms with Crippen LogP contribution in [0.15, 0.2) is 0 Å². The van der Waals surface area contributed by atoms with Crippen LogP contribution in [0.25, 0.3) is 0 Å². The van der Waals surface area contributed by atoms with E-state index in [9.17, 15) is 19.1 Å². The van der Waals surface area contributed by atoms with Crippen LogP contribution in [0.3, 0.4) is 0 Å². The van der Waals surface area contributed by atoms with Crippen molar-refractivity contribution in [3.05, 3.63) is 0 Å². The number of hydrogen-bond acceptors (Lipinski definition) is 3. The molecule has 0 aliphatic carbocycles. The Bertz CT molecular complexity index is 286. The van der Waals surface area contributed by atoms with Crippen LogP contribution >= 0.6 is 7.60 Å². The molecule has 0 heterocycles. The van der Waals surface area contributed by atoms with Gasteiger partial charge in [0.2, 0.25) is 0 Å². The minimum atomic E-state index is -4.51. The first-order valence-electron chi connectivity index (χ1n) is 6.08. The summed E-state index contributed by atoms with van der Waals surface area (Å²) in [5.41, 5.74) is 0. The fourth-order valence-electron chi connectivity index (χ4n) is 1.89. The minimum Gasteiger partial charge on any atom is -0.465 e. The highest BCUT2D eigenvalue weighted by atomic mass is 31.2. The molecule has 102 valence electrons. The van der Waals surface area contributed by atoms with Crippen molar-refractivity contribution in [2.24, 2.45) is 0 Å². The largest absolute Gasteiger partial charge is 0.465 e. The predicted molar refractivity (Wildman–Crippen MR) is 65.8 cm³/mol. The molecule has 0 bridgehead atoms. The number of rotatable bonds is 8. The lowest BCUT2D eigenvalue weighted by Gasteiger charge is -2.31. The number of unbranched alkanes of at least 4 members (excludes halogenated alkanes) is 1. The van der Waals surface area contributed by atoms with E-state index in [1.54, 1.807) is 13.8 Å². The highest BCUT2D eigenvalue weighted by Gasteiger charge is 2.53. The van der Waals surface area contributed by atoms with Crippen molar-refractivity contribution >= 4 is 13.6 Å². The summed E-state index contributed by atoms with van der Waals surface area (Å²) in [7, 11) is -4.51. The Balaban J connectivity index is 5.23. The first kappa shape index (κ1) is 16.6. The Morgan fingerprint density at radius 3 is 2.12 bits per heavy atom. The molecule has 0 aromatic heterocycles. The fraction of sp³-hybridized carbons (Fsp3) is 0.909. The second-order valence-corrected chi connectivity index (χ2v) is 6.09. The molecule has 0 aromatic carbocycles. The van der Waals surface area contributed by atoms with Gasteiger partial charge in [-0.05, 0) is 19.8 Å². The second kappa shape index (κ2) is 7.14. The summed E-state index contributed by atoms with van der Waals surface area (Å²) in [5, 5.41) is -1.65. The van der Waals surface area contributed by atoms with Crippen LogP contribution < -0.4 is 0 Å². The molecule has 0 saturated carbocycles. The third-order valence-electron chi connectivity index (χ3n) is 2.82. The Hall–Kier alpha value is -0.380. The van der Waals surface area contributed by atoms with E-state index in [1.807, 2.05) is 6.92 Å². The van der Waals surface area contributed by atoms with Crippen molar-refractivity contribution in [1.82, 2.24) is 0 Å². The summed E-state index contributed by atoms with van der Waals surface area (Å²) in [6.45, 7) is 5.49. The monoisotopic (exact) mass is 266 g/mol. The molecule has 0 aromatic rings. The Labute approximate surface area is 103 Å². The molecule has 17 heavy (non-hydrogen) atoms.